The van der Waals surface area contributed by atoms with Crippen LogP contribution < -0.4 is 5.32 Å². The summed E-state index contributed by atoms with van der Waals surface area (Å²) in [6.45, 7) is 6.19. The van der Waals surface area contributed by atoms with E-state index >= 15 is 0 Å². The Morgan fingerprint density at radius 1 is 0.885 bits per heavy atom. The topological polar surface area (TPSA) is 29.9 Å². The van der Waals surface area contributed by atoms with Crippen molar-refractivity contribution in [2.24, 2.45) is 0 Å². The number of aryl methyl sites for hydroxylation is 2. The van der Waals surface area contributed by atoms with Crippen LogP contribution in [0.1, 0.15) is 56.8 Å². The van der Waals surface area contributed by atoms with Gasteiger partial charge in [0.05, 0.1) is 17.6 Å². The van der Waals surface area contributed by atoms with Crippen LogP contribution in [-0.2, 0) is 13.1 Å². The molecule has 3 aromatic rings. The van der Waals surface area contributed by atoms with Crippen molar-refractivity contribution in [3.63, 3.8) is 0 Å². The largest absolute Gasteiger partial charge is 0.378 e. The molecule has 1 aromatic heterocycles. The van der Waals surface area contributed by atoms with Gasteiger partial charge in [-0.05, 0) is 37.6 Å². The summed E-state index contributed by atoms with van der Waals surface area (Å²) < 4.78 is 2.40. The molecule has 1 heterocycles. The fourth-order valence-electron chi connectivity index (χ4n) is 3.41. The number of hydrogen-bond acceptors (Lipinski definition) is 2. The Kier molecular flexibility index (Phi) is 6.70. The third-order valence-corrected chi connectivity index (χ3v) is 4.97. The van der Waals surface area contributed by atoms with Crippen LogP contribution in [-0.4, -0.2) is 9.55 Å². The van der Waals surface area contributed by atoms with E-state index in [0.717, 1.165) is 30.1 Å². The molecular formula is C23H31N3. The van der Waals surface area contributed by atoms with Crippen molar-refractivity contribution < 1.29 is 0 Å². The van der Waals surface area contributed by atoms with Crippen LogP contribution in [0.5, 0.6) is 0 Å². The normalized spacial score (nSPS) is 11.2. The molecule has 0 aliphatic heterocycles. The molecule has 3 nitrogen and oxygen atoms in total. The highest BCUT2D eigenvalue weighted by atomic mass is 15.1. The minimum atomic E-state index is 0.758. The number of nitrogens with one attached hydrogen (secondary N) is 1. The summed E-state index contributed by atoms with van der Waals surface area (Å²) in [4.78, 5) is 4.87. The van der Waals surface area contributed by atoms with E-state index < -0.39 is 0 Å². The molecular weight excluding hydrogens is 318 g/mol. The average molecular weight is 350 g/mol. The molecule has 0 amide bonds. The molecule has 0 bridgehead atoms. The van der Waals surface area contributed by atoms with Gasteiger partial charge in [0.25, 0.3) is 0 Å². The Labute approximate surface area is 157 Å². The third kappa shape index (κ3) is 4.87. The molecule has 3 rings (SSSR count). The quantitative estimate of drug-likeness (QED) is 0.434. The molecule has 0 saturated carbocycles. The van der Waals surface area contributed by atoms with Crippen molar-refractivity contribution in [1.82, 2.24) is 9.55 Å². The summed E-state index contributed by atoms with van der Waals surface area (Å²) in [6.07, 6.45) is 7.90. The first-order valence-electron chi connectivity index (χ1n) is 10.0. The van der Waals surface area contributed by atoms with Crippen molar-refractivity contribution in [2.75, 3.05) is 5.32 Å². The lowest BCUT2D eigenvalue weighted by molar-refractivity contribution is 0.555. The number of rotatable bonds is 10. The molecule has 138 valence electrons. The molecule has 0 unspecified atom stereocenters. The molecule has 26 heavy (non-hydrogen) atoms. The molecule has 2 aromatic carbocycles. The van der Waals surface area contributed by atoms with Gasteiger partial charge in [0.15, 0.2) is 0 Å². The van der Waals surface area contributed by atoms with E-state index in [-0.39, 0.29) is 0 Å². The highest BCUT2D eigenvalue weighted by molar-refractivity contribution is 5.76. The molecule has 3 heteroatoms. The molecule has 1 N–H and O–H groups in total. The monoisotopic (exact) mass is 349 g/mol. The van der Waals surface area contributed by atoms with Gasteiger partial charge in [-0.15, -0.1) is 0 Å². The molecule has 0 atom stereocenters. The number of para-hydroxylation sites is 2. The second kappa shape index (κ2) is 9.42. The van der Waals surface area contributed by atoms with E-state index in [1.54, 1.807) is 0 Å². The molecule has 0 aliphatic carbocycles. The first kappa shape index (κ1) is 18.5. The summed E-state index contributed by atoms with van der Waals surface area (Å²) in [6, 6.07) is 17.0. The van der Waals surface area contributed by atoms with Crippen molar-refractivity contribution >= 4 is 16.7 Å². The van der Waals surface area contributed by atoms with Gasteiger partial charge < -0.3 is 9.88 Å². The number of benzene rings is 2. The molecule has 0 saturated heterocycles. The lowest BCUT2D eigenvalue weighted by Crippen LogP contribution is -2.09. The van der Waals surface area contributed by atoms with Gasteiger partial charge in [-0.3, -0.25) is 0 Å². The van der Waals surface area contributed by atoms with Crippen LogP contribution in [0.15, 0.2) is 48.5 Å². The van der Waals surface area contributed by atoms with Gasteiger partial charge in [-0.1, -0.05) is 68.9 Å². The zero-order valence-corrected chi connectivity index (χ0v) is 16.2. The maximum Gasteiger partial charge on any atom is 0.129 e. The Morgan fingerprint density at radius 2 is 1.62 bits per heavy atom. The van der Waals surface area contributed by atoms with E-state index in [4.69, 9.17) is 4.98 Å². The van der Waals surface area contributed by atoms with E-state index in [2.05, 4.69) is 72.3 Å². The maximum absolute atomic E-state index is 4.87. The first-order chi connectivity index (χ1) is 12.8. The lowest BCUT2D eigenvalue weighted by Gasteiger charge is -2.11. The van der Waals surface area contributed by atoms with Gasteiger partial charge in [-0.25, -0.2) is 4.98 Å². The van der Waals surface area contributed by atoms with Crippen LogP contribution in [0.3, 0.4) is 0 Å². The van der Waals surface area contributed by atoms with E-state index in [0.29, 0.717) is 0 Å². The summed E-state index contributed by atoms with van der Waals surface area (Å²) in [5, 5.41) is 3.52. The number of aromatic nitrogens is 2. The summed E-state index contributed by atoms with van der Waals surface area (Å²) in [5.41, 5.74) is 4.78. The van der Waals surface area contributed by atoms with Crippen LogP contribution in [0.2, 0.25) is 0 Å². The van der Waals surface area contributed by atoms with Crippen molar-refractivity contribution in [1.29, 1.82) is 0 Å². The van der Waals surface area contributed by atoms with Crippen LogP contribution in [0.25, 0.3) is 11.0 Å². The predicted molar refractivity (Wildman–Crippen MR) is 112 cm³/mol. The predicted octanol–water partition coefficient (Wildman–Crippen LogP) is 6.32. The summed E-state index contributed by atoms with van der Waals surface area (Å²) >= 11 is 0. The van der Waals surface area contributed by atoms with E-state index in [9.17, 15) is 0 Å². The molecule has 0 spiro atoms. The zero-order chi connectivity index (χ0) is 18.2. The third-order valence-electron chi connectivity index (χ3n) is 4.97. The van der Waals surface area contributed by atoms with E-state index in [1.165, 1.54) is 49.6 Å². The van der Waals surface area contributed by atoms with Gasteiger partial charge in [0.1, 0.15) is 5.82 Å². The minimum Gasteiger partial charge on any atom is -0.378 e. The van der Waals surface area contributed by atoms with Gasteiger partial charge >= 0.3 is 0 Å². The Morgan fingerprint density at radius 3 is 2.42 bits per heavy atom. The second-order valence-electron chi connectivity index (χ2n) is 7.16. The summed E-state index contributed by atoms with van der Waals surface area (Å²) in [5.74, 6) is 1.13. The fraction of sp³-hybridized carbons (Fsp3) is 0.435. The smallest absolute Gasteiger partial charge is 0.129 e. The Hall–Kier alpha value is -2.29. The fourth-order valence-corrected chi connectivity index (χ4v) is 3.41. The number of unbranched alkanes of at least 4 members (excludes halogenated alkanes) is 5. The van der Waals surface area contributed by atoms with Crippen LogP contribution >= 0.6 is 0 Å². The minimum absolute atomic E-state index is 0.758. The maximum atomic E-state index is 4.87. The molecule has 0 radical (unpaired) electrons. The van der Waals surface area contributed by atoms with Crippen molar-refractivity contribution in [3.8, 4) is 0 Å². The van der Waals surface area contributed by atoms with Gasteiger partial charge in [0.2, 0.25) is 0 Å². The zero-order valence-electron chi connectivity index (χ0n) is 16.2. The summed E-state index contributed by atoms with van der Waals surface area (Å²) in [7, 11) is 0. The highest BCUT2D eigenvalue weighted by Crippen LogP contribution is 2.19. The van der Waals surface area contributed by atoms with Crippen molar-refractivity contribution in [3.05, 3.63) is 59.9 Å². The second-order valence-corrected chi connectivity index (χ2v) is 7.16. The number of anilines is 1. The SMILES string of the molecule is CCCCCCCCn1c(CNc2ccc(C)cc2)nc2ccccc21. The highest BCUT2D eigenvalue weighted by Gasteiger charge is 2.10. The number of hydrogen-bond donors (Lipinski definition) is 1. The standard InChI is InChI=1S/C23H31N3/c1-3-4-5-6-7-10-17-26-22-12-9-8-11-21(22)25-23(26)18-24-20-15-13-19(2)14-16-20/h8-9,11-16,24H,3-7,10,17-18H2,1-2H3. The van der Waals surface area contributed by atoms with Gasteiger partial charge in [-0.2, -0.15) is 0 Å². The average Bonchev–Trinajstić information content (AvgIpc) is 3.02. The van der Waals surface area contributed by atoms with E-state index in [1.807, 2.05) is 0 Å². The number of fused-ring (bicyclic) bond motifs is 1. The Bertz CT molecular complexity index is 802. The van der Waals surface area contributed by atoms with Gasteiger partial charge in [0, 0.05) is 12.2 Å². The number of nitrogens with zero attached hydrogens (tertiary/aromatic N) is 2. The molecule has 0 aliphatic rings. The molecule has 0 fully saturated rings. The number of imidazole rings is 1. The Balaban J connectivity index is 1.66. The van der Waals surface area contributed by atoms with Crippen LogP contribution in [0, 0.1) is 6.92 Å². The lowest BCUT2D eigenvalue weighted by atomic mass is 10.1. The first-order valence-corrected chi connectivity index (χ1v) is 10.0. The van der Waals surface area contributed by atoms with Crippen LogP contribution in [0.4, 0.5) is 5.69 Å². The van der Waals surface area contributed by atoms with Crippen molar-refractivity contribution in [2.45, 2.75) is 65.5 Å².